The van der Waals surface area contributed by atoms with Gasteiger partial charge >= 0.3 is 0 Å². The van der Waals surface area contributed by atoms with Gasteiger partial charge in [0, 0.05) is 18.1 Å². The van der Waals surface area contributed by atoms with E-state index in [1.165, 1.54) is 5.56 Å². The van der Waals surface area contributed by atoms with E-state index in [2.05, 4.69) is 40.9 Å². The zero-order valence-electron chi connectivity index (χ0n) is 11.6. The molecule has 2 aromatic rings. The van der Waals surface area contributed by atoms with Crippen LogP contribution in [0, 0.1) is 6.92 Å². The summed E-state index contributed by atoms with van der Waals surface area (Å²) >= 11 is 0. The van der Waals surface area contributed by atoms with Crippen LogP contribution in [0.1, 0.15) is 18.2 Å². The number of guanidine groups is 1. The fourth-order valence-electron chi connectivity index (χ4n) is 2.59. The molecule has 1 atom stereocenters. The van der Waals surface area contributed by atoms with Gasteiger partial charge in [0.25, 0.3) is 0 Å². The Bertz CT molecular complexity index is 652. The van der Waals surface area contributed by atoms with Gasteiger partial charge in [-0.15, -0.1) is 0 Å². The van der Waals surface area contributed by atoms with E-state index in [1.54, 1.807) is 18.6 Å². The van der Waals surface area contributed by atoms with Crippen LogP contribution >= 0.6 is 0 Å². The quantitative estimate of drug-likeness (QED) is 0.901. The Kier molecular flexibility index (Phi) is 2.89. The Morgan fingerprint density at radius 1 is 1.30 bits per heavy atom. The van der Waals surface area contributed by atoms with Crippen LogP contribution in [0.2, 0.25) is 0 Å². The van der Waals surface area contributed by atoms with Gasteiger partial charge in [0.15, 0.2) is 5.96 Å². The van der Waals surface area contributed by atoms with Crippen LogP contribution < -0.4 is 10.6 Å². The Morgan fingerprint density at radius 3 is 2.85 bits per heavy atom. The van der Waals surface area contributed by atoms with E-state index in [9.17, 15) is 0 Å². The molecule has 0 aliphatic carbocycles. The van der Waals surface area contributed by atoms with E-state index in [0.29, 0.717) is 12.5 Å². The number of aromatic nitrogens is 2. The van der Waals surface area contributed by atoms with Crippen LogP contribution in [0.5, 0.6) is 0 Å². The molecule has 1 aromatic carbocycles. The minimum absolute atomic E-state index is 0.397. The molecule has 0 radical (unpaired) electrons. The molecule has 1 unspecified atom stereocenters. The van der Waals surface area contributed by atoms with Crippen LogP contribution in [0.25, 0.3) is 0 Å². The lowest BCUT2D eigenvalue weighted by Crippen LogP contribution is -2.48. The molecule has 0 amide bonds. The summed E-state index contributed by atoms with van der Waals surface area (Å²) < 4.78 is 0. The number of benzene rings is 1. The summed E-state index contributed by atoms with van der Waals surface area (Å²) in [6.07, 6.45) is 5.14. The van der Waals surface area contributed by atoms with Crippen molar-refractivity contribution in [2.75, 3.05) is 11.4 Å². The third-order valence-electron chi connectivity index (χ3n) is 3.65. The van der Waals surface area contributed by atoms with Crippen molar-refractivity contribution in [1.29, 1.82) is 0 Å². The molecule has 1 aromatic heterocycles. The van der Waals surface area contributed by atoms with E-state index in [-0.39, 0.29) is 0 Å². The number of hydrogen-bond acceptors (Lipinski definition) is 5. The van der Waals surface area contributed by atoms with Gasteiger partial charge in [-0.3, -0.25) is 19.9 Å². The Hall–Kier alpha value is -2.43. The Balaban J connectivity index is 2.09. The number of aryl methyl sites for hydroxylation is 1. The van der Waals surface area contributed by atoms with Gasteiger partial charge in [0.1, 0.15) is 5.54 Å². The van der Waals surface area contributed by atoms with Crippen molar-refractivity contribution in [3.05, 3.63) is 54.1 Å². The molecule has 3 rings (SSSR count). The molecule has 20 heavy (non-hydrogen) atoms. The van der Waals surface area contributed by atoms with Crippen molar-refractivity contribution in [1.82, 2.24) is 9.97 Å². The second-order valence-corrected chi connectivity index (χ2v) is 5.21. The molecule has 0 saturated carbocycles. The van der Waals surface area contributed by atoms with Gasteiger partial charge in [-0.1, -0.05) is 12.1 Å². The highest BCUT2D eigenvalue weighted by atomic mass is 15.4. The SMILES string of the molecule is Cc1cccc(N2C(N)=NCC2(C)c2cnccn2)c1. The maximum atomic E-state index is 6.10. The third-order valence-corrected chi connectivity index (χ3v) is 3.65. The fraction of sp³-hybridized carbons (Fsp3) is 0.267. The number of hydrogen-bond donors (Lipinski definition) is 1. The van der Waals surface area contributed by atoms with Gasteiger partial charge in [0.05, 0.1) is 18.4 Å². The Morgan fingerprint density at radius 2 is 2.15 bits per heavy atom. The Labute approximate surface area is 118 Å². The summed E-state index contributed by atoms with van der Waals surface area (Å²) in [4.78, 5) is 15.0. The molecule has 0 saturated heterocycles. The second-order valence-electron chi connectivity index (χ2n) is 5.21. The highest BCUT2D eigenvalue weighted by Crippen LogP contribution is 2.35. The first-order chi connectivity index (χ1) is 9.61. The summed E-state index contributed by atoms with van der Waals surface area (Å²) in [5.41, 5.74) is 8.78. The topological polar surface area (TPSA) is 67.4 Å². The lowest BCUT2D eigenvalue weighted by Gasteiger charge is -2.35. The molecule has 1 aliphatic rings. The lowest BCUT2D eigenvalue weighted by atomic mass is 9.96. The number of rotatable bonds is 2. The molecule has 1 aliphatic heterocycles. The summed E-state index contributed by atoms with van der Waals surface area (Å²) in [6.45, 7) is 4.72. The van der Waals surface area contributed by atoms with Gasteiger partial charge in [-0.25, -0.2) is 0 Å². The van der Waals surface area contributed by atoms with Gasteiger partial charge < -0.3 is 5.73 Å². The second kappa shape index (κ2) is 4.59. The maximum Gasteiger partial charge on any atom is 0.196 e. The predicted molar refractivity (Wildman–Crippen MR) is 79.5 cm³/mol. The average Bonchev–Trinajstić information content (AvgIpc) is 2.77. The zero-order valence-corrected chi connectivity index (χ0v) is 11.6. The minimum atomic E-state index is -0.397. The van der Waals surface area contributed by atoms with E-state index in [0.717, 1.165) is 11.4 Å². The van der Waals surface area contributed by atoms with Crippen LogP contribution in [0.3, 0.4) is 0 Å². The highest BCUT2D eigenvalue weighted by molar-refractivity contribution is 5.98. The van der Waals surface area contributed by atoms with Crippen molar-refractivity contribution in [2.24, 2.45) is 10.7 Å². The summed E-state index contributed by atoms with van der Waals surface area (Å²) in [7, 11) is 0. The maximum absolute atomic E-state index is 6.10. The largest absolute Gasteiger partial charge is 0.369 e. The molecule has 2 heterocycles. The number of nitrogens with two attached hydrogens (primary N) is 1. The predicted octanol–water partition coefficient (Wildman–Crippen LogP) is 1.84. The van der Waals surface area contributed by atoms with Crippen LogP contribution in [0.15, 0.2) is 47.8 Å². The van der Waals surface area contributed by atoms with Gasteiger partial charge in [-0.2, -0.15) is 0 Å². The van der Waals surface area contributed by atoms with E-state index < -0.39 is 5.54 Å². The van der Waals surface area contributed by atoms with Crippen molar-refractivity contribution in [3.63, 3.8) is 0 Å². The zero-order chi connectivity index (χ0) is 14.2. The fourth-order valence-corrected chi connectivity index (χ4v) is 2.59. The molecule has 0 fully saturated rings. The normalized spacial score (nSPS) is 21.9. The molecular weight excluding hydrogens is 250 g/mol. The molecule has 5 heteroatoms. The lowest BCUT2D eigenvalue weighted by molar-refractivity contribution is 0.513. The number of aliphatic imine (C=N–C) groups is 1. The molecule has 5 nitrogen and oxygen atoms in total. The standard InChI is InChI=1S/C15H17N5/c1-11-4-3-5-12(8-11)20-14(16)19-10-15(20,2)13-9-17-6-7-18-13/h3-9H,10H2,1-2H3,(H2,16,19). The molecule has 102 valence electrons. The van der Waals surface area contributed by atoms with Crippen LogP contribution in [-0.2, 0) is 5.54 Å². The van der Waals surface area contributed by atoms with E-state index in [4.69, 9.17) is 5.73 Å². The summed E-state index contributed by atoms with van der Waals surface area (Å²) in [5.74, 6) is 0.517. The summed E-state index contributed by atoms with van der Waals surface area (Å²) in [5, 5.41) is 0. The molecule has 2 N–H and O–H groups in total. The summed E-state index contributed by atoms with van der Waals surface area (Å²) in [6, 6.07) is 8.22. The third kappa shape index (κ3) is 1.91. The number of anilines is 1. The van der Waals surface area contributed by atoms with Crippen LogP contribution in [-0.4, -0.2) is 22.5 Å². The molecule has 0 spiro atoms. The molecule has 0 bridgehead atoms. The highest BCUT2D eigenvalue weighted by Gasteiger charge is 2.41. The first-order valence-electron chi connectivity index (χ1n) is 6.54. The van der Waals surface area contributed by atoms with Gasteiger partial charge in [-0.05, 0) is 31.5 Å². The van der Waals surface area contributed by atoms with E-state index in [1.807, 2.05) is 17.0 Å². The van der Waals surface area contributed by atoms with Crippen LogP contribution in [0.4, 0.5) is 5.69 Å². The average molecular weight is 267 g/mol. The molecular formula is C15H17N5. The minimum Gasteiger partial charge on any atom is -0.369 e. The van der Waals surface area contributed by atoms with Crippen molar-refractivity contribution in [3.8, 4) is 0 Å². The first-order valence-corrected chi connectivity index (χ1v) is 6.54. The van der Waals surface area contributed by atoms with Gasteiger partial charge in [0.2, 0.25) is 0 Å². The van der Waals surface area contributed by atoms with E-state index >= 15 is 0 Å². The monoisotopic (exact) mass is 267 g/mol. The smallest absolute Gasteiger partial charge is 0.196 e. The number of nitrogens with zero attached hydrogens (tertiary/aromatic N) is 4. The van der Waals surface area contributed by atoms with Crippen molar-refractivity contribution in [2.45, 2.75) is 19.4 Å². The first kappa shape index (κ1) is 12.6. The van der Waals surface area contributed by atoms with Crippen molar-refractivity contribution >= 4 is 11.6 Å². The van der Waals surface area contributed by atoms with Crippen molar-refractivity contribution < 1.29 is 0 Å².